The van der Waals surface area contributed by atoms with Crippen molar-refractivity contribution in [1.29, 1.82) is 0 Å². The van der Waals surface area contributed by atoms with Gasteiger partial charge in [0.1, 0.15) is 11.5 Å². The first-order valence-electron chi connectivity index (χ1n) is 9.39. The first-order valence-corrected chi connectivity index (χ1v) is 9.39. The van der Waals surface area contributed by atoms with E-state index >= 15 is 0 Å². The average Bonchev–Trinajstić information content (AvgIpc) is 2.66. The number of unbranched alkanes of at least 4 members (excludes halogenated alkanes) is 3. The van der Waals surface area contributed by atoms with Crippen LogP contribution in [-0.2, 0) is 0 Å². The molecule has 0 amide bonds. The second-order valence-electron chi connectivity index (χ2n) is 6.47. The summed E-state index contributed by atoms with van der Waals surface area (Å²) in [7, 11) is 1.84. The fourth-order valence-corrected chi connectivity index (χ4v) is 2.67. The number of hydrogen-bond donors (Lipinski definition) is 1. The quantitative estimate of drug-likeness (QED) is 0.338. The number of hydrogen-bond acceptors (Lipinski definition) is 4. The summed E-state index contributed by atoms with van der Waals surface area (Å²) in [5, 5.41) is 3.03. The Bertz CT molecular complexity index is 665. The SMILES string of the molecule is CCCCCCC(C)Oc1ccc(C(=O)Oc2ccc(NC)cc2)cc1. The number of nitrogens with one attached hydrogen (secondary N) is 1. The first-order chi connectivity index (χ1) is 12.6. The third kappa shape index (κ3) is 6.43. The van der Waals surface area contributed by atoms with E-state index in [1.165, 1.54) is 25.7 Å². The van der Waals surface area contributed by atoms with Crippen molar-refractivity contribution in [1.82, 2.24) is 0 Å². The normalized spacial score (nSPS) is 11.7. The molecular formula is C22H29NO3. The fourth-order valence-electron chi connectivity index (χ4n) is 2.67. The zero-order valence-electron chi connectivity index (χ0n) is 16.0. The van der Waals surface area contributed by atoms with Crippen molar-refractivity contribution in [3.8, 4) is 11.5 Å². The second-order valence-corrected chi connectivity index (χ2v) is 6.47. The van der Waals surface area contributed by atoms with E-state index in [9.17, 15) is 4.79 Å². The van der Waals surface area contributed by atoms with Crippen molar-refractivity contribution in [3.05, 3.63) is 54.1 Å². The summed E-state index contributed by atoms with van der Waals surface area (Å²) >= 11 is 0. The number of benzene rings is 2. The van der Waals surface area contributed by atoms with Crippen LogP contribution in [0.25, 0.3) is 0 Å². The van der Waals surface area contributed by atoms with Crippen molar-refractivity contribution in [3.63, 3.8) is 0 Å². The number of rotatable bonds is 10. The number of carbonyl (C=O) groups is 1. The van der Waals surface area contributed by atoms with Gasteiger partial charge in [-0.05, 0) is 68.3 Å². The molecule has 140 valence electrons. The summed E-state index contributed by atoms with van der Waals surface area (Å²) in [4.78, 5) is 12.2. The van der Waals surface area contributed by atoms with Gasteiger partial charge in [0.15, 0.2) is 0 Å². The number of carbonyl (C=O) groups excluding carboxylic acids is 1. The van der Waals surface area contributed by atoms with Gasteiger partial charge in [0.2, 0.25) is 0 Å². The molecule has 2 aromatic rings. The Morgan fingerprint density at radius 1 is 0.962 bits per heavy atom. The molecule has 0 aliphatic rings. The summed E-state index contributed by atoms with van der Waals surface area (Å²) in [5.74, 6) is 0.930. The van der Waals surface area contributed by atoms with E-state index < -0.39 is 0 Å². The van der Waals surface area contributed by atoms with E-state index in [2.05, 4.69) is 19.2 Å². The van der Waals surface area contributed by atoms with Crippen LogP contribution in [0.5, 0.6) is 11.5 Å². The molecule has 2 rings (SSSR count). The molecule has 0 saturated carbocycles. The van der Waals surface area contributed by atoms with Crippen molar-refractivity contribution >= 4 is 11.7 Å². The molecule has 2 aromatic carbocycles. The van der Waals surface area contributed by atoms with Gasteiger partial charge < -0.3 is 14.8 Å². The highest BCUT2D eigenvalue weighted by molar-refractivity contribution is 5.91. The lowest BCUT2D eigenvalue weighted by Gasteiger charge is -2.14. The number of ether oxygens (including phenoxy) is 2. The van der Waals surface area contributed by atoms with Crippen LogP contribution in [0.4, 0.5) is 5.69 Å². The molecule has 1 unspecified atom stereocenters. The molecule has 26 heavy (non-hydrogen) atoms. The smallest absolute Gasteiger partial charge is 0.343 e. The minimum atomic E-state index is -0.374. The lowest BCUT2D eigenvalue weighted by Crippen LogP contribution is -2.12. The molecule has 0 bridgehead atoms. The third-order valence-corrected chi connectivity index (χ3v) is 4.25. The molecular weight excluding hydrogens is 326 g/mol. The van der Waals surface area contributed by atoms with Crippen molar-refractivity contribution in [2.45, 2.75) is 52.1 Å². The van der Waals surface area contributed by atoms with Gasteiger partial charge in [-0.2, -0.15) is 0 Å². The Labute approximate surface area is 156 Å². The Hall–Kier alpha value is -2.49. The molecule has 0 aliphatic carbocycles. The van der Waals surface area contributed by atoms with Crippen LogP contribution >= 0.6 is 0 Å². The summed E-state index contributed by atoms with van der Waals surface area (Å²) in [6, 6.07) is 14.4. The predicted molar refractivity (Wildman–Crippen MR) is 106 cm³/mol. The Balaban J connectivity index is 1.84. The Morgan fingerprint density at radius 2 is 1.62 bits per heavy atom. The van der Waals surface area contributed by atoms with Crippen molar-refractivity contribution in [2.75, 3.05) is 12.4 Å². The highest BCUT2D eigenvalue weighted by atomic mass is 16.5. The third-order valence-electron chi connectivity index (χ3n) is 4.25. The summed E-state index contributed by atoms with van der Waals surface area (Å²) in [6.45, 7) is 4.30. The zero-order valence-corrected chi connectivity index (χ0v) is 16.0. The molecule has 4 nitrogen and oxygen atoms in total. The van der Waals surface area contributed by atoms with Crippen LogP contribution in [0.3, 0.4) is 0 Å². The number of esters is 1. The van der Waals surface area contributed by atoms with Gasteiger partial charge in [-0.1, -0.05) is 26.2 Å². The van der Waals surface area contributed by atoms with Gasteiger partial charge >= 0.3 is 5.97 Å². The van der Waals surface area contributed by atoms with E-state index in [0.717, 1.165) is 17.9 Å². The first kappa shape index (κ1) is 19.8. The fraction of sp³-hybridized carbons (Fsp3) is 0.409. The van der Waals surface area contributed by atoms with Gasteiger partial charge in [-0.25, -0.2) is 4.79 Å². The highest BCUT2D eigenvalue weighted by Gasteiger charge is 2.10. The molecule has 1 atom stereocenters. The topological polar surface area (TPSA) is 47.6 Å². The molecule has 0 heterocycles. The lowest BCUT2D eigenvalue weighted by molar-refractivity contribution is 0.0734. The minimum Gasteiger partial charge on any atom is -0.491 e. The maximum Gasteiger partial charge on any atom is 0.343 e. The van der Waals surface area contributed by atoms with Gasteiger partial charge in [0.25, 0.3) is 0 Å². The maximum atomic E-state index is 12.2. The number of anilines is 1. The lowest BCUT2D eigenvalue weighted by atomic mass is 10.1. The summed E-state index contributed by atoms with van der Waals surface area (Å²) in [5.41, 5.74) is 1.47. The zero-order chi connectivity index (χ0) is 18.8. The standard InChI is InChI=1S/C22H29NO3/c1-4-5-6-7-8-17(2)25-20-13-9-18(10-14-20)22(24)26-21-15-11-19(23-3)12-16-21/h9-17,23H,4-8H2,1-3H3. The monoisotopic (exact) mass is 355 g/mol. The Kier molecular flexibility index (Phi) is 8.00. The molecule has 0 aliphatic heterocycles. The van der Waals surface area contributed by atoms with Crippen LogP contribution in [0.2, 0.25) is 0 Å². The molecule has 0 spiro atoms. The van der Waals surface area contributed by atoms with E-state index in [1.807, 2.05) is 31.3 Å². The predicted octanol–water partition coefficient (Wildman–Crippen LogP) is 5.69. The van der Waals surface area contributed by atoms with Crippen molar-refractivity contribution in [2.24, 2.45) is 0 Å². The largest absolute Gasteiger partial charge is 0.491 e. The average molecular weight is 355 g/mol. The van der Waals surface area contributed by atoms with E-state index in [0.29, 0.717) is 11.3 Å². The Morgan fingerprint density at radius 3 is 2.23 bits per heavy atom. The molecule has 0 radical (unpaired) electrons. The van der Waals surface area contributed by atoms with Gasteiger partial charge in [-0.15, -0.1) is 0 Å². The van der Waals surface area contributed by atoms with Gasteiger partial charge in [0.05, 0.1) is 11.7 Å². The molecule has 0 aromatic heterocycles. The minimum absolute atomic E-state index is 0.176. The van der Waals surface area contributed by atoms with Crippen LogP contribution < -0.4 is 14.8 Å². The summed E-state index contributed by atoms with van der Waals surface area (Å²) < 4.78 is 11.3. The van der Waals surface area contributed by atoms with Gasteiger partial charge in [-0.3, -0.25) is 0 Å². The van der Waals surface area contributed by atoms with Crippen LogP contribution in [0.15, 0.2) is 48.5 Å². The summed E-state index contributed by atoms with van der Waals surface area (Å²) in [6.07, 6.45) is 6.19. The molecule has 0 fully saturated rings. The van der Waals surface area contributed by atoms with Crippen LogP contribution in [-0.4, -0.2) is 19.1 Å². The second kappa shape index (κ2) is 10.5. The van der Waals surface area contributed by atoms with E-state index in [4.69, 9.17) is 9.47 Å². The molecule has 4 heteroatoms. The van der Waals surface area contributed by atoms with E-state index in [-0.39, 0.29) is 12.1 Å². The molecule has 1 N–H and O–H groups in total. The molecule has 0 saturated heterocycles. The van der Waals surface area contributed by atoms with E-state index in [1.54, 1.807) is 24.3 Å². The van der Waals surface area contributed by atoms with Crippen LogP contribution in [0, 0.1) is 0 Å². The highest BCUT2D eigenvalue weighted by Crippen LogP contribution is 2.19. The van der Waals surface area contributed by atoms with Gasteiger partial charge in [0, 0.05) is 12.7 Å². The van der Waals surface area contributed by atoms with Crippen LogP contribution in [0.1, 0.15) is 56.3 Å². The van der Waals surface area contributed by atoms with Crippen molar-refractivity contribution < 1.29 is 14.3 Å². The maximum absolute atomic E-state index is 12.2.